The number of fused-ring (bicyclic) bond motifs is 1. The van der Waals surface area contributed by atoms with Gasteiger partial charge in [-0.1, -0.05) is 5.16 Å². The molecule has 0 aliphatic rings. The zero-order chi connectivity index (χ0) is 19.0. The summed E-state index contributed by atoms with van der Waals surface area (Å²) in [6, 6.07) is 7.53. The summed E-state index contributed by atoms with van der Waals surface area (Å²) in [6.45, 7) is 7.11. The van der Waals surface area contributed by atoms with E-state index in [1.54, 1.807) is 17.8 Å². The van der Waals surface area contributed by atoms with Gasteiger partial charge in [-0.25, -0.2) is 4.98 Å². The maximum absolute atomic E-state index is 12.8. The van der Waals surface area contributed by atoms with Crippen molar-refractivity contribution < 1.29 is 9.32 Å². The fraction of sp³-hybridized carbons (Fsp3) is 0.263. The Bertz CT molecular complexity index is 1110. The van der Waals surface area contributed by atoms with E-state index in [-0.39, 0.29) is 11.6 Å². The summed E-state index contributed by atoms with van der Waals surface area (Å²) in [6.07, 6.45) is 3.52. The lowest BCUT2D eigenvalue weighted by molar-refractivity contribution is 0.101. The van der Waals surface area contributed by atoms with Crippen molar-refractivity contribution in [2.45, 2.75) is 33.9 Å². The van der Waals surface area contributed by atoms with E-state index in [1.165, 1.54) is 0 Å². The van der Waals surface area contributed by atoms with Crippen molar-refractivity contribution in [3.63, 3.8) is 0 Å². The SMILES string of the molecule is CCn1c(C)nc2cc(NC(=O)c3noc(C)c3Cn3cccn3)ccc21. The highest BCUT2D eigenvalue weighted by atomic mass is 16.5. The number of aromatic nitrogens is 5. The summed E-state index contributed by atoms with van der Waals surface area (Å²) in [7, 11) is 0. The molecule has 0 radical (unpaired) electrons. The third-order valence-electron chi connectivity index (χ3n) is 4.59. The van der Waals surface area contributed by atoms with Gasteiger partial charge in [-0.2, -0.15) is 5.10 Å². The van der Waals surface area contributed by atoms with E-state index in [0.29, 0.717) is 23.6 Å². The molecule has 1 N–H and O–H groups in total. The number of nitrogens with one attached hydrogen (secondary N) is 1. The van der Waals surface area contributed by atoms with E-state index >= 15 is 0 Å². The summed E-state index contributed by atoms with van der Waals surface area (Å²) >= 11 is 0. The van der Waals surface area contributed by atoms with Crippen LogP contribution in [-0.4, -0.2) is 30.4 Å². The number of benzene rings is 1. The van der Waals surface area contributed by atoms with Gasteiger partial charge in [0.25, 0.3) is 5.91 Å². The molecule has 0 saturated carbocycles. The maximum atomic E-state index is 12.8. The third-order valence-corrected chi connectivity index (χ3v) is 4.59. The van der Waals surface area contributed by atoms with E-state index in [0.717, 1.165) is 23.4 Å². The number of hydrogen-bond acceptors (Lipinski definition) is 5. The average Bonchev–Trinajstić information content (AvgIpc) is 3.35. The first-order valence-electron chi connectivity index (χ1n) is 8.77. The van der Waals surface area contributed by atoms with Gasteiger partial charge in [-0.15, -0.1) is 0 Å². The molecule has 0 unspecified atom stereocenters. The fourth-order valence-electron chi connectivity index (χ4n) is 3.23. The van der Waals surface area contributed by atoms with Crippen LogP contribution in [0.25, 0.3) is 11.0 Å². The molecule has 3 heterocycles. The van der Waals surface area contributed by atoms with E-state index in [4.69, 9.17) is 4.52 Å². The van der Waals surface area contributed by atoms with Gasteiger partial charge in [0.05, 0.1) is 17.6 Å². The van der Waals surface area contributed by atoms with Crippen LogP contribution in [0.15, 0.2) is 41.2 Å². The van der Waals surface area contributed by atoms with E-state index in [9.17, 15) is 4.79 Å². The van der Waals surface area contributed by atoms with Crippen molar-refractivity contribution in [1.82, 2.24) is 24.5 Å². The molecule has 3 aromatic heterocycles. The van der Waals surface area contributed by atoms with Crippen LogP contribution in [0, 0.1) is 13.8 Å². The molecule has 8 heteroatoms. The summed E-state index contributed by atoms with van der Waals surface area (Å²) in [5, 5.41) is 11.0. The second kappa shape index (κ2) is 6.71. The molecule has 0 spiro atoms. The van der Waals surface area contributed by atoms with Crippen molar-refractivity contribution >= 4 is 22.6 Å². The Hall–Kier alpha value is -3.42. The smallest absolute Gasteiger partial charge is 0.278 e. The quantitative estimate of drug-likeness (QED) is 0.587. The molecule has 4 rings (SSSR count). The molecule has 4 aromatic rings. The minimum atomic E-state index is -0.319. The number of rotatable bonds is 5. The summed E-state index contributed by atoms with van der Waals surface area (Å²) in [4.78, 5) is 17.3. The molecule has 138 valence electrons. The molecule has 27 heavy (non-hydrogen) atoms. The highest BCUT2D eigenvalue weighted by Gasteiger charge is 2.20. The number of anilines is 1. The van der Waals surface area contributed by atoms with Crippen LogP contribution in [0.3, 0.4) is 0 Å². The molecule has 0 saturated heterocycles. The Morgan fingerprint density at radius 2 is 2.15 bits per heavy atom. The standard InChI is InChI=1S/C19H20N6O2/c1-4-25-13(3)21-16-10-14(6-7-17(16)25)22-19(26)18-15(12(2)27-23-18)11-24-9-5-8-20-24/h5-10H,4,11H2,1-3H3,(H,22,26). The largest absolute Gasteiger partial charge is 0.361 e. The molecule has 0 aliphatic carbocycles. The van der Waals surface area contributed by atoms with Gasteiger partial charge in [0.15, 0.2) is 5.69 Å². The number of nitrogens with zero attached hydrogens (tertiary/aromatic N) is 5. The maximum Gasteiger partial charge on any atom is 0.278 e. The van der Waals surface area contributed by atoms with Gasteiger partial charge in [-0.05, 0) is 45.0 Å². The predicted molar refractivity (Wildman–Crippen MR) is 101 cm³/mol. The number of amides is 1. The van der Waals surface area contributed by atoms with E-state index < -0.39 is 0 Å². The number of carbonyl (C=O) groups excluding carboxylic acids is 1. The van der Waals surface area contributed by atoms with Crippen LogP contribution in [0.5, 0.6) is 0 Å². The fourth-order valence-corrected chi connectivity index (χ4v) is 3.23. The Balaban J connectivity index is 1.60. The molecule has 1 amide bonds. The second-order valence-corrected chi connectivity index (χ2v) is 6.33. The van der Waals surface area contributed by atoms with Gasteiger partial charge >= 0.3 is 0 Å². The molecule has 0 aliphatic heterocycles. The Morgan fingerprint density at radius 3 is 2.89 bits per heavy atom. The van der Waals surface area contributed by atoms with Crippen molar-refractivity contribution in [3.05, 3.63) is 59.5 Å². The summed E-state index contributed by atoms with van der Waals surface area (Å²) in [5.41, 5.74) is 3.53. The van der Waals surface area contributed by atoms with Crippen LogP contribution < -0.4 is 5.32 Å². The van der Waals surface area contributed by atoms with Gasteiger partial charge in [0.1, 0.15) is 11.6 Å². The Morgan fingerprint density at radius 1 is 1.30 bits per heavy atom. The lowest BCUT2D eigenvalue weighted by atomic mass is 10.1. The third kappa shape index (κ3) is 3.10. The molecule has 8 nitrogen and oxygen atoms in total. The van der Waals surface area contributed by atoms with Crippen molar-refractivity contribution in [1.29, 1.82) is 0 Å². The lowest BCUT2D eigenvalue weighted by Crippen LogP contribution is -2.16. The molecular weight excluding hydrogens is 344 g/mol. The zero-order valence-corrected chi connectivity index (χ0v) is 15.4. The van der Waals surface area contributed by atoms with Gasteiger partial charge in [-0.3, -0.25) is 9.48 Å². The van der Waals surface area contributed by atoms with Crippen molar-refractivity contribution in [2.75, 3.05) is 5.32 Å². The minimum Gasteiger partial charge on any atom is -0.361 e. The van der Waals surface area contributed by atoms with E-state index in [2.05, 4.69) is 32.0 Å². The molecule has 0 bridgehead atoms. The predicted octanol–water partition coefficient (Wildman–Crippen LogP) is 3.16. The topological polar surface area (TPSA) is 90.8 Å². The Labute approximate surface area is 155 Å². The monoisotopic (exact) mass is 364 g/mol. The Kier molecular flexibility index (Phi) is 4.23. The van der Waals surface area contributed by atoms with Crippen molar-refractivity contribution in [3.8, 4) is 0 Å². The number of carbonyl (C=O) groups is 1. The second-order valence-electron chi connectivity index (χ2n) is 6.33. The normalized spacial score (nSPS) is 11.2. The first-order chi connectivity index (χ1) is 13.1. The molecular formula is C19H20N6O2. The first-order valence-corrected chi connectivity index (χ1v) is 8.77. The summed E-state index contributed by atoms with van der Waals surface area (Å²) in [5.74, 6) is 1.23. The number of imidazole rings is 1. The summed E-state index contributed by atoms with van der Waals surface area (Å²) < 4.78 is 9.09. The molecule has 1 aromatic carbocycles. The van der Waals surface area contributed by atoms with E-state index in [1.807, 2.05) is 37.4 Å². The van der Waals surface area contributed by atoms with Gasteiger partial charge < -0.3 is 14.4 Å². The minimum absolute atomic E-state index is 0.262. The number of hydrogen-bond donors (Lipinski definition) is 1. The van der Waals surface area contributed by atoms with Crippen LogP contribution in [0.2, 0.25) is 0 Å². The average molecular weight is 364 g/mol. The highest BCUT2D eigenvalue weighted by molar-refractivity contribution is 6.04. The number of aryl methyl sites for hydroxylation is 3. The lowest BCUT2D eigenvalue weighted by Gasteiger charge is -2.06. The van der Waals surface area contributed by atoms with Gasteiger partial charge in [0, 0.05) is 30.2 Å². The van der Waals surface area contributed by atoms with Crippen LogP contribution in [0.4, 0.5) is 5.69 Å². The van der Waals surface area contributed by atoms with Gasteiger partial charge in [0.2, 0.25) is 0 Å². The highest BCUT2D eigenvalue weighted by Crippen LogP contribution is 2.22. The zero-order valence-electron chi connectivity index (χ0n) is 15.4. The van der Waals surface area contributed by atoms with Crippen LogP contribution in [-0.2, 0) is 13.1 Å². The first kappa shape index (κ1) is 17.0. The van der Waals surface area contributed by atoms with Crippen LogP contribution in [0.1, 0.15) is 34.6 Å². The van der Waals surface area contributed by atoms with Crippen LogP contribution >= 0.6 is 0 Å². The molecule has 0 fully saturated rings. The molecule has 0 atom stereocenters. The van der Waals surface area contributed by atoms with Crippen molar-refractivity contribution in [2.24, 2.45) is 0 Å².